The third-order valence-corrected chi connectivity index (χ3v) is 2.97. The largest absolute Gasteiger partial charge is 0.389 e. The SMILES string of the molecule is CCC(C)(O)CNCC(C#N)c1ccccc1. The Bertz CT molecular complexity index is 368. The zero-order valence-electron chi connectivity index (χ0n) is 10.5. The van der Waals surface area contributed by atoms with Crippen LogP contribution in [0, 0.1) is 11.3 Å². The molecule has 0 aliphatic rings. The minimum absolute atomic E-state index is 0.163. The van der Waals surface area contributed by atoms with E-state index in [0.29, 0.717) is 19.5 Å². The number of nitrogens with zero attached hydrogens (tertiary/aromatic N) is 1. The highest BCUT2D eigenvalue weighted by molar-refractivity contribution is 5.25. The highest BCUT2D eigenvalue weighted by Crippen LogP contribution is 2.14. The van der Waals surface area contributed by atoms with E-state index in [1.165, 1.54) is 0 Å². The Hall–Kier alpha value is -1.37. The van der Waals surface area contributed by atoms with Crippen LogP contribution in [0.5, 0.6) is 0 Å². The maximum atomic E-state index is 9.83. The third kappa shape index (κ3) is 4.56. The summed E-state index contributed by atoms with van der Waals surface area (Å²) in [6.07, 6.45) is 0.697. The Morgan fingerprint density at radius 2 is 2.06 bits per heavy atom. The molecule has 92 valence electrons. The average molecular weight is 232 g/mol. The predicted molar refractivity (Wildman–Crippen MR) is 68.6 cm³/mol. The fraction of sp³-hybridized carbons (Fsp3) is 0.500. The third-order valence-electron chi connectivity index (χ3n) is 2.97. The van der Waals surface area contributed by atoms with Crippen molar-refractivity contribution in [2.75, 3.05) is 13.1 Å². The molecule has 0 spiro atoms. The van der Waals surface area contributed by atoms with Gasteiger partial charge in [0.25, 0.3) is 0 Å². The highest BCUT2D eigenvalue weighted by Gasteiger charge is 2.18. The molecule has 3 heteroatoms. The lowest BCUT2D eigenvalue weighted by molar-refractivity contribution is 0.0559. The van der Waals surface area contributed by atoms with Crippen LogP contribution in [0.25, 0.3) is 0 Å². The fourth-order valence-corrected chi connectivity index (χ4v) is 1.53. The van der Waals surface area contributed by atoms with Crippen molar-refractivity contribution in [1.29, 1.82) is 5.26 Å². The predicted octanol–water partition coefficient (Wildman–Crippen LogP) is 2.04. The van der Waals surface area contributed by atoms with Gasteiger partial charge < -0.3 is 10.4 Å². The molecule has 0 saturated heterocycles. The van der Waals surface area contributed by atoms with Gasteiger partial charge >= 0.3 is 0 Å². The average Bonchev–Trinajstić information content (AvgIpc) is 2.36. The summed E-state index contributed by atoms with van der Waals surface area (Å²) >= 11 is 0. The summed E-state index contributed by atoms with van der Waals surface area (Å²) in [5, 5.41) is 22.1. The van der Waals surface area contributed by atoms with Gasteiger partial charge in [-0.15, -0.1) is 0 Å². The second kappa shape index (κ2) is 6.39. The van der Waals surface area contributed by atoms with Gasteiger partial charge in [-0.25, -0.2) is 0 Å². The Labute approximate surface area is 103 Å². The van der Waals surface area contributed by atoms with Gasteiger partial charge in [0.05, 0.1) is 17.6 Å². The smallest absolute Gasteiger partial charge is 0.0837 e. The molecular weight excluding hydrogens is 212 g/mol. The molecule has 3 nitrogen and oxygen atoms in total. The van der Waals surface area contributed by atoms with Crippen molar-refractivity contribution >= 4 is 0 Å². The second-order valence-electron chi connectivity index (χ2n) is 4.57. The molecule has 17 heavy (non-hydrogen) atoms. The summed E-state index contributed by atoms with van der Waals surface area (Å²) in [4.78, 5) is 0. The number of benzene rings is 1. The van der Waals surface area contributed by atoms with E-state index in [2.05, 4.69) is 11.4 Å². The van der Waals surface area contributed by atoms with E-state index in [1.54, 1.807) is 6.92 Å². The van der Waals surface area contributed by atoms with Gasteiger partial charge in [-0.2, -0.15) is 5.26 Å². The maximum absolute atomic E-state index is 9.83. The lowest BCUT2D eigenvalue weighted by atomic mass is 9.99. The van der Waals surface area contributed by atoms with Crippen molar-refractivity contribution < 1.29 is 5.11 Å². The molecule has 0 aromatic heterocycles. The first-order chi connectivity index (χ1) is 8.09. The van der Waals surface area contributed by atoms with Crippen molar-refractivity contribution in [2.45, 2.75) is 31.8 Å². The quantitative estimate of drug-likeness (QED) is 0.789. The molecule has 1 rings (SSSR count). The van der Waals surface area contributed by atoms with Gasteiger partial charge in [0, 0.05) is 13.1 Å². The molecule has 2 atom stereocenters. The van der Waals surface area contributed by atoms with Crippen LogP contribution in [0.4, 0.5) is 0 Å². The van der Waals surface area contributed by atoms with Crippen LogP contribution in [-0.2, 0) is 0 Å². The van der Waals surface area contributed by atoms with Crippen LogP contribution in [0.1, 0.15) is 31.7 Å². The van der Waals surface area contributed by atoms with Crippen LogP contribution in [0.15, 0.2) is 30.3 Å². The van der Waals surface area contributed by atoms with E-state index < -0.39 is 5.60 Å². The van der Waals surface area contributed by atoms with E-state index in [0.717, 1.165) is 5.56 Å². The molecule has 0 fully saturated rings. The summed E-state index contributed by atoms with van der Waals surface area (Å²) in [5.74, 6) is -0.163. The molecular formula is C14H20N2O. The van der Waals surface area contributed by atoms with Crippen LogP contribution < -0.4 is 5.32 Å². The molecule has 0 bridgehead atoms. The van der Waals surface area contributed by atoms with Gasteiger partial charge in [0.2, 0.25) is 0 Å². The summed E-state index contributed by atoms with van der Waals surface area (Å²) in [5.41, 5.74) is 0.315. The van der Waals surface area contributed by atoms with Crippen molar-refractivity contribution in [3.8, 4) is 6.07 Å². The summed E-state index contributed by atoms with van der Waals surface area (Å²) < 4.78 is 0. The molecule has 1 aromatic rings. The summed E-state index contributed by atoms with van der Waals surface area (Å²) in [6.45, 7) is 4.82. The first-order valence-electron chi connectivity index (χ1n) is 5.96. The number of nitrogens with one attached hydrogen (secondary N) is 1. The van der Waals surface area contributed by atoms with Crippen molar-refractivity contribution in [3.63, 3.8) is 0 Å². The first kappa shape index (κ1) is 13.7. The zero-order chi connectivity index (χ0) is 12.7. The highest BCUT2D eigenvalue weighted by atomic mass is 16.3. The Morgan fingerprint density at radius 3 is 2.59 bits per heavy atom. The Morgan fingerprint density at radius 1 is 1.41 bits per heavy atom. The molecule has 0 aliphatic carbocycles. The fourth-order valence-electron chi connectivity index (χ4n) is 1.53. The van der Waals surface area contributed by atoms with E-state index in [9.17, 15) is 5.11 Å². The zero-order valence-corrected chi connectivity index (χ0v) is 10.5. The molecule has 2 unspecified atom stereocenters. The lowest BCUT2D eigenvalue weighted by Gasteiger charge is -2.22. The Balaban J connectivity index is 2.48. The number of hydrogen-bond donors (Lipinski definition) is 2. The summed E-state index contributed by atoms with van der Waals surface area (Å²) in [7, 11) is 0. The second-order valence-corrected chi connectivity index (χ2v) is 4.57. The number of hydrogen-bond acceptors (Lipinski definition) is 3. The maximum Gasteiger partial charge on any atom is 0.0837 e. The monoisotopic (exact) mass is 232 g/mol. The van der Waals surface area contributed by atoms with Gasteiger partial charge in [-0.1, -0.05) is 37.3 Å². The normalized spacial score (nSPS) is 15.9. The van der Waals surface area contributed by atoms with E-state index in [4.69, 9.17) is 5.26 Å². The molecule has 0 saturated carbocycles. The van der Waals surface area contributed by atoms with Crippen molar-refractivity contribution in [3.05, 3.63) is 35.9 Å². The van der Waals surface area contributed by atoms with Gasteiger partial charge in [-0.05, 0) is 18.9 Å². The van der Waals surface area contributed by atoms with Gasteiger partial charge in [-0.3, -0.25) is 0 Å². The first-order valence-corrected chi connectivity index (χ1v) is 5.96. The molecule has 2 N–H and O–H groups in total. The Kier molecular flexibility index (Phi) is 5.14. The van der Waals surface area contributed by atoms with E-state index in [1.807, 2.05) is 37.3 Å². The number of rotatable bonds is 6. The van der Waals surface area contributed by atoms with Crippen molar-refractivity contribution in [2.24, 2.45) is 0 Å². The standard InChI is InChI=1S/C14H20N2O/c1-3-14(2,17)11-16-10-13(9-15)12-7-5-4-6-8-12/h4-8,13,16-17H,3,10-11H2,1-2H3. The van der Waals surface area contributed by atoms with Crippen LogP contribution in [0.3, 0.4) is 0 Å². The molecule has 1 aromatic carbocycles. The minimum Gasteiger partial charge on any atom is -0.389 e. The van der Waals surface area contributed by atoms with Crippen molar-refractivity contribution in [1.82, 2.24) is 5.32 Å². The van der Waals surface area contributed by atoms with E-state index in [-0.39, 0.29) is 5.92 Å². The number of nitriles is 1. The van der Waals surface area contributed by atoms with Gasteiger partial charge in [0.1, 0.15) is 0 Å². The van der Waals surface area contributed by atoms with E-state index >= 15 is 0 Å². The lowest BCUT2D eigenvalue weighted by Crippen LogP contribution is -2.38. The molecule has 0 aliphatic heterocycles. The molecule has 0 amide bonds. The molecule has 0 radical (unpaired) electrons. The van der Waals surface area contributed by atoms with Crippen LogP contribution in [0.2, 0.25) is 0 Å². The number of aliphatic hydroxyl groups is 1. The van der Waals surface area contributed by atoms with Crippen LogP contribution in [-0.4, -0.2) is 23.8 Å². The van der Waals surface area contributed by atoms with Gasteiger partial charge in [0.15, 0.2) is 0 Å². The summed E-state index contributed by atoms with van der Waals surface area (Å²) in [6, 6.07) is 12.0. The topological polar surface area (TPSA) is 56.0 Å². The molecule has 0 heterocycles. The van der Waals surface area contributed by atoms with Crippen LogP contribution >= 0.6 is 0 Å². The minimum atomic E-state index is -0.698.